The van der Waals surface area contributed by atoms with Gasteiger partial charge in [0.1, 0.15) is 0 Å². The smallest absolute Gasteiger partial charge is 0.252 e. The molecule has 1 unspecified atom stereocenters. The molecule has 21 heavy (non-hydrogen) atoms. The summed E-state index contributed by atoms with van der Waals surface area (Å²) in [5.41, 5.74) is 4.47. The van der Waals surface area contributed by atoms with E-state index < -0.39 is 0 Å². The Morgan fingerprint density at radius 2 is 1.86 bits per heavy atom. The predicted molar refractivity (Wildman–Crippen MR) is 83.8 cm³/mol. The van der Waals surface area contributed by atoms with Crippen molar-refractivity contribution in [3.05, 3.63) is 69.7 Å². The molecule has 0 bridgehead atoms. The van der Waals surface area contributed by atoms with Crippen LogP contribution in [0.5, 0.6) is 0 Å². The SMILES string of the molecule is Cc1ccc2c(c1)C1(CC1)C(c1ccc(Cl)cc1)NC2=O. The number of carbonyl (C=O) groups is 1. The Hall–Kier alpha value is -1.80. The van der Waals surface area contributed by atoms with Gasteiger partial charge in [0.25, 0.3) is 5.91 Å². The Kier molecular flexibility index (Phi) is 2.67. The van der Waals surface area contributed by atoms with Crippen molar-refractivity contribution in [3.8, 4) is 0 Å². The molecule has 1 heterocycles. The minimum absolute atomic E-state index is 0.0301. The van der Waals surface area contributed by atoms with E-state index in [0.717, 1.165) is 29.0 Å². The molecule has 1 atom stereocenters. The van der Waals surface area contributed by atoms with E-state index >= 15 is 0 Å². The van der Waals surface area contributed by atoms with Crippen molar-refractivity contribution < 1.29 is 4.79 Å². The molecule has 2 aromatic rings. The van der Waals surface area contributed by atoms with Crippen LogP contribution in [0.15, 0.2) is 42.5 Å². The number of benzene rings is 2. The van der Waals surface area contributed by atoms with Gasteiger partial charge in [-0.15, -0.1) is 0 Å². The molecule has 2 nitrogen and oxygen atoms in total. The fourth-order valence-corrected chi connectivity index (χ4v) is 3.65. The van der Waals surface area contributed by atoms with Gasteiger partial charge in [0.15, 0.2) is 0 Å². The lowest BCUT2D eigenvalue weighted by molar-refractivity contribution is 0.0909. The maximum absolute atomic E-state index is 12.4. The molecule has 1 saturated carbocycles. The fourth-order valence-electron chi connectivity index (χ4n) is 3.52. The largest absolute Gasteiger partial charge is 0.344 e. The maximum atomic E-state index is 12.4. The van der Waals surface area contributed by atoms with Crippen LogP contribution in [0.25, 0.3) is 0 Å². The van der Waals surface area contributed by atoms with E-state index in [-0.39, 0.29) is 17.4 Å². The molecular weight excluding hydrogens is 282 g/mol. The van der Waals surface area contributed by atoms with Gasteiger partial charge < -0.3 is 5.32 Å². The topological polar surface area (TPSA) is 29.1 Å². The van der Waals surface area contributed by atoms with Gasteiger partial charge >= 0.3 is 0 Å². The van der Waals surface area contributed by atoms with Crippen molar-refractivity contribution in [2.45, 2.75) is 31.2 Å². The summed E-state index contributed by atoms with van der Waals surface area (Å²) in [7, 11) is 0. The number of hydrogen-bond donors (Lipinski definition) is 1. The number of carbonyl (C=O) groups excluding carboxylic acids is 1. The number of hydrogen-bond acceptors (Lipinski definition) is 1. The lowest BCUT2D eigenvalue weighted by Crippen LogP contribution is -2.42. The van der Waals surface area contributed by atoms with Crippen LogP contribution in [-0.2, 0) is 5.41 Å². The van der Waals surface area contributed by atoms with Gasteiger partial charge in [0.05, 0.1) is 6.04 Å². The summed E-state index contributed by atoms with van der Waals surface area (Å²) in [6.45, 7) is 2.08. The second kappa shape index (κ2) is 4.35. The molecule has 1 fully saturated rings. The summed E-state index contributed by atoms with van der Waals surface area (Å²) in [6, 6.07) is 14.0. The third-order valence-corrected chi connectivity index (χ3v) is 5.03. The molecule has 4 rings (SSSR count). The van der Waals surface area contributed by atoms with E-state index in [4.69, 9.17) is 11.6 Å². The summed E-state index contributed by atoms with van der Waals surface area (Å²) in [5.74, 6) is 0.0301. The standard InChI is InChI=1S/C18H16ClNO/c1-11-2-7-14-15(10-11)18(8-9-18)16(20-17(14)21)12-3-5-13(19)6-4-12/h2-7,10,16H,8-9H2,1H3,(H,20,21). The van der Waals surface area contributed by atoms with Crippen LogP contribution in [0.2, 0.25) is 5.02 Å². The monoisotopic (exact) mass is 297 g/mol. The number of amides is 1. The highest BCUT2D eigenvalue weighted by atomic mass is 35.5. The van der Waals surface area contributed by atoms with Crippen molar-refractivity contribution >= 4 is 17.5 Å². The van der Waals surface area contributed by atoms with Gasteiger partial charge in [0.2, 0.25) is 0 Å². The Balaban J connectivity index is 1.85. The second-order valence-electron chi connectivity index (χ2n) is 6.16. The normalized spacial score (nSPS) is 21.8. The molecule has 0 aromatic heterocycles. The molecule has 1 aliphatic heterocycles. The molecule has 1 aliphatic carbocycles. The van der Waals surface area contributed by atoms with Crippen molar-refractivity contribution in [3.63, 3.8) is 0 Å². The van der Waals surface area contributed by atoms with Crippen LogP contribution >= 0.6 is 11.6 Å². The molecule has 0 radical (unpaired) electrons. The van der Waals surface area contributed by atoms with E-state index in [1.165, 1.54) is 11.1 Å². The number of nitrogens with one attached hydrogen (secondary N) is 1. The Morgan fingerprint density at radius 3 is 2.52 bits per heavy atom. The van der Waals surface area contributed by atoms with Gasteiger partial charge in [-0.25, -0.2) is 0 Å². The van der Waals surface area contributed by atoms with Crippen LogP contribution < -0.4 is 5.32 Å². The zero-order chi connectivity index (χ0) is 14.6. The summed E-state index contributed by atoms with van der Waals surface area (Å²) in [4.78, 5) is 12.4. The summed E-state index contributed by atoms with van der Waals surface area (Å²) in [6.07, 6.45) is 2.24. The van der Waals surface area contributed by atoms with E-state index in [2.05, 4.69) is 18.3 Å². The second-order valence-corrected chi connectivity index (χ2v) is 6.60. The van der Waals surface area contributed by atoms with Gasteiger partial charge in [-0.05, 0) is 49.1 Å². The maximum Gasteiger partial charge on any atom is 0.252 e. The highest BCUT2D eigenvalue weighted by Gasteiger charge is 2.55. The van der Waals surface area contributed by atoms with E-state index in [9.17, 15) is 4.79 Å². The van der Waals surface area contributed by atoms with Crippen molar-refractivity contribution in [1.82, 2.24) is 5.32 Å². The first kappa shape index (κ1) is 12.9. The van der Waals surface area contributed by atoms with Crippen molar-refractivity contribution in [2.24, 2.45) is 0 Å². The van der Waals surface area contributed by atoms with Crippen molar-refractivity contribution in [2.75, 3.05) is 0 Å². The van der Waals surface area contributed by atoms with Crippen LogP contribution in [0, 0.1) is 6.92 Å². The molecule has 106 valence electrons. The third kappa shape index (κ3) is 1.90. The molecule has 3 heteroatoms. The van der Waals surface area contributed by atoms with Crippen LogP contribution in [-0.4, -0.2) is 5.91 Å². The lowest BCUT2D eigenvalue weighted by Gasteiger charge is -2.35. The van der Waals surface area contributed by atoms with Crippen LogP contribution in [0.1, 0.15) is 45.9 Å². The minimum Gasteiger partial charge on any atom is -0.344 e. The highest BCUT2D eigenvalue weighted by molar-refractivity contribution is 6.30. The highest BCUT2D eigenvalue weighted by Crippen LogP contribution is 2.59. The van der Waals surface area contributed by atoms with Crippen LogP contribution in [0.3, 0.4) is 0 Å². The first-order valence-corrected chi connectivity index (χ1v) is 7.65. The van der Waals surface area contributed by atoms with E-state index in [0.29, 0.717) is 0 Å². The Morgan fingerprint density at radius 1 is 1.14 bits per heavy atom. The van der Waals surface area contributed by atoms with Crippen molar-refractivity contribution in [1.29, 1.82) is 0 Å². The number of aryl methyl sites for hydroxylation is 1. The summed E-state index contributed by atoms with van der Waals surface area (Å²) >= 11 is 5.98. The third-order valence-electron chi connectivity index (χ3n) is 4.78. The number of rotatable bonds is 1. The summed E-state index contributed by atoms with van der Waals surface area (Å²) in [5, 5.41) is 3.92. The predicted octanol–water partition coefficient (Wildman–Crippen LogP) is 4.16. The van der Waals surface area contributed by atoms with Gasteiger partial charge in [-0.2, -0.15) is 0 Å². The first-order chi connectivity index (χ1) is 10.1. The lowest BCUT2D eigenvalue weighted by atomic mass is 9.78. The van der Waals surface area contributed by atoms with Gasteiger partial charge in [-0.3, -0.25) is 4.79 Å². The number of fused-ring (bicyclic) bond motifs is 2. The van der Waals surface area contributed by atoms with E-state index in [1.54, 1.807) is 0 Å². The Bertz CT molecular complexity index is 731. The average Bonchev–Trinajstić information content (AvgIpc) is 3.26. The molecule has 1 spiro atoms. The zero-order valence-electron chi connectivity index (χ0n) is 11.8. The Labute approximate surface area is 129 Å². The minimum atomic E-state index is 0.0301. The molecule has 1 N–H and O–H groups in total. The van der Waals surface area contributed by atoms with E-state index in [1.807, 2.05) is 36.4 Å². The first-order valence-electron chi connectivity index (χ1n) is 7.28. The average molecular weight is 298 g/mol. The molecular formula is C18H16ClNO. The number of halogens is 1. The molecule has 1 amide bonds. The quantitative estimate of drug-likeness (QED) is 0.841. The van der Waals surface area contributed by atoms with Gasteiger partial charge in [-0.1, -0.05) is 41.4 Å². The fraction of sp³-hybridized carbons (Fsp3) is 0.278. The molecule has 2 aliphatic rings. The zero-order valence-corrected chi connectivity index (χ0v) is 12.6. The van der Waals surface area contributed by atoms with Gasteiger partial charge in [0, 0.05) is 16.0 Å². The van der Waals surface area contributed by atoms with Crippen LogP contribution in [0.4, 0.5) is 0 Å². The molecule has 2 aromatic carbocycles. The molecule has 0 saturated heterocycles. The summed E-state index contributed by atoms with van der Waals surface area (Å²) < 4.78 is 0.